The van der Waals surface area contributed by atoms with Gasteiger partial charge in [0.25, 0.3) is 0 Å². The minimum atomic E-state index is -0.825. The van der Waals surface area contributed by atoms with Gasteiger partial charge in [-0.05, 0) is 12.0 Å². The van der Waals surface area contributed by atoms with E-state index in [9.17, 15) is 4.79 Å². The fourth-order valence-corrected chi connectivity index (χ4v) is 1.93. The van der Waals surface area contributed by atoms with Crippen LogP contribution in [0.5, 0.6) is 0 Å². The second-order valence-corrected chi connectivity index (χ2v) is 4.52. The summed E-state index contributed by atoms with van der Waals surface area (Å²) in [7, 11) is 0. The van der Waals surface area contributed by atoms with E-state index in [4.69, 9.17) is 9.63 Å². The molecule has 1 N–H and O–H groups in total. The standard InChI is InChI=1S/C15H17NO3/c1-2-3-11-4-6-12(7-5-11)14-10-13(16-19-14)8-9-15(17)18/h4-7,10H,2-3,8-9H2,1H3,(H,17,18). The molecule has 0 aliphatic rings. The lowest BCUT2D eigenvalue weighted by Crippen LogP contribution is -1.97. The molecule has 2 aromatic rings. The Hall–Kier alpha value is -2.10. The molecule has 1 aromatic carbocycles. The van der Waals surface area contributed by atoms with Crippen molar-refractivity contribution in [3.05, 3.63) is 41.6 Å². The van der Waals surface area contributed by atoms with Crippen LogP contribution >= 0.6 is 0 Å². The van der Waals surface area contributed by atoms with Crippen molar-refractivity contribution < 1.29 is 14.4 Å². The first-order valence-electron chi connectivity index (χ1n) is 6.45. The van der Waals surface area contributed by atoms with Gasteiger partial charge >= 0.3 is 5.97 Å². The maximum absolute atomic E-state index is 10.5. The average molecular weight is 259 g/mol. The first kappa shape index (κ1) is 13.3. The third-order valence-electron chi connectivity index (χ3n) is 2.93. The van der Waals surface area contributed by atoms with Crippen molar-refractivity contribution in [3.63, 3.8) is 0 Å². The molecule has 4 nitrogen and oxygen atoms in total. The van der Waals surface area contributed by atoms with Gasteiger partial charge in [-0.15, -0.1) is 0 Å². The highest BCUT2D eigenvalue weighted by Gasteiger charge is 2.08. The summed E-state index contributed by atoms with van der Waals surface area (Å²) in [5.74, 6) is -0.142. The summed E-state index contributed by atoms with van der Waals surface area (Å²) in [4.78, 5) is 10.5. The van der Waals surface area contributed by atoms with Crippen molar-refractivity contribution in [2.75, 3.05) is 0 Å². The number of aliphatic carboxylic acids is 1. The van der Waals surface area contributed by atoms with Crippen LogP contribution in [0.2, 0.25) is 0 Å². The number of carboxylic acids is 1. The summed E-state index contributed by atoms with van der Waals surface area (Å²) >= 11 is 0. The van der Waals surface area contributed by atoms with Gasteiger partial charge in [-0.25, -0.2) is 0 Å². The molecule has 19 heavy (non-hydrogen) atoms. The van der Waals surface area contributed by atoms with Crippen molar-refractivity contribution in [1.29, 1.82) is 0 Å². The molecule has 0 bridgehead atoms. The molecule has 0 spiro atoms. The Balaban J connectivity index is 2.07. The van der Waals surface area contributed by atoms with Gasteiger partial charge in [0.1, 0.15) is 0 Å². The molecule has 100 valence electrons. The van der Waals surface area contributed by atoms with Gasteiger partial charge in [0.2, 0.25) is 0 Å². The summed E-state index contributed by atoms with van der Waals surface area (Å²) in [5.41, 5.74) is 2.95. The molecular formula is C15H17NO3. The van der Waals surface area contributed by atoms with Crippen LogP contribution in [0.25, 0.3) is 11.3 Å². The SMILES string of the molecule is CCCc1ccc(-c2cc(CCC(=O)O)no2)cc1. The molecule has 0 fully saturated rings. The Morgan fingerprint density at radius 3 is 2.63 bits per heavy atom. The molecule has 0 saturated carbocycles. The molecule has 0 unspecified atom stereocenters. The quantitative estimate of drug-likeness (QED) is 0.864. The van der Waals surface area contributed by atoms with E-state index in [-0.39, 0.29) is 6.42 Å². The maximum atomic E-state index is 10.5. The zero-order chi connectivity index (χ0) is 13.7. The zero-order valence-corrected chi connectivity index (χ0v) is 10.9. The van der Waals surface area contributed by atoms with Gasteiger partial charge in [0.05, 0.1) is 12.1 Å². The minimum Gasteiger partial charge on any atom is -0.481 e. The zero-order valence-electron chi connectivity index (χ0n) is 10.9. The number of hydrogen-bond donors (Lipinski definition) is 1. The molecule has 0 amide bonds. The smallest absolute Gasteiger partial charge is 0.303 e. The van der Waals surface area contributed by atoms with E-state index in [0.717, 1.165) is 18.4 Å². The lowest BCUT2D eigenvalue weighted by atomic mass is 10.1. The predicted octanol–water partition coefficient (Wildman–Crippen LogP) is 3.31. The van der Waals surface area contributed by atoms with E-state index in [2.05, 4.69) is 24.2 Å². The third kappa shape index (κ3) is 3.68. The molecule has 0 saturated heterocycles. The highest BCUT2D eigenvalue weighted by atomic mass is 16.5. The van der Waals surface area contributed by atoms with E-state index in [1.807, 2.05) is 12.1 Å². The highest BCUT2D eigenvalue weighted by Crippen LogP contribution is 2.21. The number of carboxylic acid groups (broad SMARTS) is 1. The lowest BCUT2D eigenvalue weighted by molar-refractivity contribution is -0.136. The second-order valence-electron chi connectivity index (χ2n) is 4.52. The Morgan fingerprint density at radius 1 is 1.26 bits per heavy atom. The highest BCUT2D eigenvalue weighted by molar-refractivity contribution is 5.67. The molecule has 0 radical (unpaired) electrons. The molecule has 0 aliphatic carbocycles. The average Bonchev–Trinajstić information content (AvgIpc) is 2.86. The van der Waals surface area contributed by atoms with Crippen molar-refractivity contribution in [2.45, 2.75) is 32.6 Å². The molecule has 4 heteroatoms. The first-order chi connectivity index (χ1) is 9.19. The van der Waals surface area contributed by atoms with Crippen LogP contribution in [-0.4, -0.2) is 16.2 Å². The van der Waals surface area contributed by atoms with Crippen LogP contribution in [0.15, 0.2) is 34.9 Å². The van der Waals surface area contributed by atoms with E-state index in [1.54, 1.807) is 6.07 Å². The molecule has 1 heterocycles. The van der Waals surface area contributed by atoms with Crippen molar-refractivity contribution >= 4 is 5.97 Å². The van der Waals surface area contributed by atoms with Crippen LogP contribution in [-0.2, 0) is 17.6 Å². The molecule has 2 rings (SSSR count). The Kier molecular flexibility index (Phi) is 4.34. The first-order valence-corrected chi connectivity index (χ1v) is 6.45. The van der Waals surface area contributed by atoms with Gasteiger partial charge in [0.15, 0.2) is 5.76 Å². The summed E-state index contributed by atoms with van der Waals surface area (Å²) in [6.07, 6.45) is 2.66. The number of carbonyl (C=O) groups is 1. The van der Waals surface area contributed by atoms with Gasteiger partial charge in [-0.3, -0.25) is 4.79 Å². The van der Waals surface area contributed by atoms with Gasteiger partial charge in [-0.2, -0.15) is 0 Å². The fourth-order valence-electron chi connectivity index (χ4n) is 1.93. The van der Waals surface area contributed by atoms with Crippen molar-refractivity contribution in [1.82, 2.24) is 5.16 Å². The number of aromatic nitrogens is 1. The summed E-state index contributed by atoms with van der Waals surface area (Å²) in [6.45, 7) is 2.15. The molecule has 1 aromatic heterocycles. The Labute approximate surface area is 112 Å². The van der Waals surface area contributed by atoms with Crippen LogP contribution < -0.4 is 0 Å². The minimum absolute atomic E-state index is 0.0708. The maximum Gasteiger partial charge on any atom is 0.303 e. The van der Waals surface area contributed by atoms with E-state index in [0.29, 0.717) is 17.9 Å². The van der Waals surface area contributed by atoms with E-state index >= 15 is 0 Å². The Bertz CT molecular complexity index is 543. The number of rotatable bonds is 6. The summed E-state index contributed by atoms with van der Waals surface area (Å²) in [6, 6.07) is 9.98. The normalized spacial score (nSPS) is 10.6. The molecule has 0 atom stereocenters. The number of hydrogen-bond acceptors (Lipinski definition) is 3. The summed E-state index contributed by atoms with van der Waals surface area (Å²) < 4.78 is 5.24. The predicted molar refractivity (Wildman–Crippen MR) is 71.9 cm³/mol. The van der Waals surface area contributed by atoms with Crippen LogP contribution in [0.1, 0.15) is 31.0 Å². The van der Waals surface area contributed by atoms with Gasteiger partial charge in [0, 0.05) is 18.1 Å². The van der Waals surface area contributed by atoms with Crippen LogP contribution in [0.4, 0.5) is 0 Å². The third-order valence-corrected chi connectivity index (χ3v) is 2.93. The number of nitrogens with zero attached hydrogens (tertiary/aromatic N) is 1. The number of aryl methyl sites for hydroxylation is 2. The summed E-state index contributed by atoms with van der Waals surface area (Å²) in [5, 5.41) is 12.5. The largest absolute Gasteiger partial charge is 0.481 e. The molecular weight excluding hydrogens is 242 g/mol. The van der Waals surface area contributed by atoms with E-state index < -0.39 is 5.97 Å². The molecule has 0 aliphatic heterocycles. The van der Waals surface area contributed by atoms with Gasteiger partial charge in [-0.1, -0.05) is 42.8 Å². The lowest BCUT2D eigenvalue weighted by Gasteiger charge is -1.99. The number of benzene rings is 1. The van der Waals surface area contributed by atoms with Crippen molar-refractivity contribution in [3.8, 4) is 11.3 Å². The monoisotopic (exact) mass is 259 g/mol. The topological polar surface area (TPSA) is 63.3 Å². The second kappa shape index (κ2) is 6.18. The van der Waals surface area contributed by atoms with Crippen molar-refractivity contribution in [2.24, 2.45) is 0 Å². The van der Waals surface area contributed by atoms with E-state index in [1.165, 1.54) is 5.56 Å². The van der Waals surface area contributed by atoms with Gasteiger partial charge < -0.3 is 9.63 Å². The van der Waals surface area contributed by atoms with Crippen LogP contribution in [0.3, 0.4) is 0 Å². The Morgan fingerprint density at radius 2 is 2.00 bits per heavy atom. The fraction of sp³-hybridized carbons (Fsp3) is 0.333. The van der Waals surface area contributed by atoms with Crippen LogP contribution in [0, 0.1) is 0 Å².